The molecule has 340 valence electrons. The number of rotatable bonds is 17. The number of nitrogens with one attached hydrogen (secondary N) is 1. The van der Waals surface area contributed by atoms with Crippen molar-refractivity contribution in [2.75, 3.05) is 84.6 Å². The lowest BCUT2D eigenvalue weighted by Crippen LogP contribution is -2.58. The Labute approximate surface area is 371 Å². The summed E-state index contributed by atoms with van der Waals surface area (Å²) in [6.07, 6.45) is 8.64. The summed E-state index contributed by atoms with van der Waals surface area (Å²) in [4.78, 5) is 47.2. The number of phenolic OH excluding ortho intramolecular Hbond substituents is 1. The Hall–Kier alpha value is -4.57. The van der Waals surface area contributed by atoms with E-state index >= 15 is 0 Å². The van der Waals surface area contributed by atoms with Crippen LogP contribution in [0.3, 0.4) is 0 Å². The number of carboxylic acids is 1. The molecule has 4 fully saturated rings. The van der Waals surface area contributed by atoms with Gasteiger partial charge in [-0.25, -0.2) is 0 Å². The molecule has 4 aliphatic heterocycles. The monoisotopic (exact) mass is 867 g/mol. The maximum atomic E-state index is 13.6. The Morgan fingerprint density at radius 1 is 0.937 bits per heavy atom. The van der Waals surface area contributed by atoms with Gasteiger partial charge in [0.15, 0.2) is 18.5 Å². The highest BCUT2D eigenvalue weighted by molar-refractivity contribution is 5.97. The van der Waals surface area contributed by atoms with Crippen LogP contribution >= 0.6 is 0 Å². The summed E-state index contributed by atoms with van der Waals surface area (Å²) in [5, 5.41) is 23.5. The molecule has 1 saturated carbocycles. The zero-order valence-corrected chi connectivity index (χ0v) is 36.8. The van der Waals surface area contributed by atoms with Crippen LogP contribution in [0.15, 0.2) is 66.7 Å². The number of aromatic hydroxyl groups is 1. The summed E-state index contributed by atoms with van der Waals surface area (Å²) in [6.45, 7) is 7.45. The predicted octanol–water partition coefficient (Wildman–Crippen LogP) is 5.27. The summed E-state index contributed by atoms with van der Waals surface area (Å²) in [5.74, 6) is -0.611. The third-order valence-corrected chi connectivity index (χ3v) is 14.0. The van der Waals surface area contributed by atoms with Crippen LogP contribution < -0.4 is 10.1 Å². The molecular weight excluding hydrogens is 803 g/mol. The topological polar surface area (TPSA) is 154 Å². The van der Waals surface area contributed by atoms with Crippen LogP contribution in [-0.4, -0.2) is 151 Å². The van der Waals surface area contributed by atoms with Gasteiger partial charge in [-0.1, -0.05) is 79.9 Å². The largest absolute Gasteiger partial charge is 0.506 e. The summed E-state index contributed by atoms with van der Waals surface area (Å²) in [6, 6.07) is 21.5. The second-order valence-electron chi connectivity index (χ2n) is 18.0. The number of methoxy groups -OCH3 is 1. The standard InChI is InChI=1S/C49H65N5O9/c1-60-46(37-11-4-2-5-12-37)47(57)54-28-30-63-49(34-54)20-24-51(25-21-49)32-36-10-8-9-35(31-36)19-29-61-41-18-23-53(44(41)48(58)59)27-26-52(39-13-6-3-7-14-39)22-17-38-15-16-40(55)43-45(38)62-33-42(56)50-43/h2,4-5,8-12,15-16,31,39,41,44,46,55H,3,6-7,13-14,17-30,32-34H2,1H3,(H,50,56)(H,58,59)/t41?,44-,46?/m0/s1. The molecule has 1 aliphatic carbocycles. The number of hydrogen-bond donors (Lipinski definition) is 3. The SMILES string of the molecule is COC(C(=O)N1CCOC2(CCN(Cc3cccc(CCOC4CCN(CCN(CCc5ccc(O)c6c5OCC(=O)N6)C5CCCCC5)[C@@H]4C(=O)O)c3)CC2)C1)c1ccccc1. The average Bonchev–Trinajstić information content (AvgIpc) is 3.72. The number of hydrogen-bond acceptors (Lipinski definition) is 11. The lowest BCUT2D eigenvalue weighted by molar-refractivity contribution is -0.167. The van der Waals surface area contributed by atoms with Gasteiger partial charge >= 0.3 is 5.97 Å². The number of phenols is 1. The van der Waals surface area contributed by atoms with E-state index in [0.29, 0.717) is 76.1 Å². The minimum absolute atomic E-state index is 0.00666. The number of fused-ring (bicyclic) bond motifs is 1. The molecule has 3 aromatic rings. The number of piperidine rings is 1. The Bertz CT molecular complexity index is 2020. The molecule has 3 aromatic carbocycles. The van der Waals surface area contributed by atoms with Gasteiger partial charge in [0, 0.05) is 72.1 Å². The van der Waals surface area contributed by atoms with Crippen molar-refractivity contribution in [3.63, 3.8) is 0 Å². The number of benzene rings is 3. The smallest absolute Gasteiger partial charge is 0.323 e. The van der Waals surface area contributed by atoms with E-state index < -0.39 is 18.1 Å². The molecule has 2 amide bonds. The first kappa shape index (κ1) is 45.0. The predicted molar refractivity (Wildman–Crippen MR) is 238 cm³/mol. The van der Waals surface area contributed by atoms with Crippen LogP contribution in [0, 0.1) is 0 Å². The molecule has 3 N–H and O–H groups in total. The van der Waals surface area contributed by atoms with Crippen molar-refractivity contribution >= 4 is 23.5 Å². The molecule has 2 unspecified atom stereocenters. The van der Waals surface area contributed by atoms with Crippen LogP contribution in [0.1, 0.15) is 79.7 Å². The zero-order chi connectivity index (χ0) is 43.8. The molecule has 3 atom stereocenters. The van der Waals surface area contributed by atoms with E-state index in [4.69, 9.17) is 18.9 Å². The number of ether oxygens (including phenoxy) is 4. The number of carboxylic acid groups (broad SMARTS) is 1. The first-order valence-corrected chi connectivity index (χ1v) is 23.1. The third kappa shape index (κ3) is 11.0. The van der Waals surface area contributed by atoms with Crippen molar-refractivity contribution in [3.8, 4) is 11.5 Å². The van der Waals surface area contributed by atoms with Gasteiger partial charge in [-0.15, -0.1) is 0 Å². The van der Waals surface area contributed by atoms with Crippen molar-refractivity contribution in [1.29, 1.82) is 0 Å². The highest BCUT2D eigenvalue weighted by Crippen LogP contribution is 2.40. The van der Waals surface area contributed by atoms with Crippen LogP contribution in [0.25, 0.3) is 0 Å². The van der Waals surface area contributed by atoms with Crippen LogP contribution in [0.2, 0.25) is 0 Å². The lowest BCUT2D eigenvalue weighted by atomic mass is 9.88. The first-order chi connectivity index (χ1) is 30.7. The van der Waals surface area contributed by atoms with Gasteiger partial charge in [0.2, 0.25) is 0 Å². The normalized spacial score (nSPS) is 22.4. The van der Waals surface area contributed by atoms with Crippen molar-refractivity contribution in [1.82, 2.24) is 19.6 Å². The van der Waals surface area contributed by atoms with E-state index in [9.17, 15) is 24.6 Å². The van der Waals surface area contributed by atoms with Crippen molar-refractivity contribution in [2.45, 2.75) is 101 Å². The highest BCUT2D eigenvalue weighted by Gasteiger charge is 2.43. The van der Waals surface area contributed by atoms with Gasteiger partial charge in [-0.3, -0.25) is 29.1 Å². The second kappa shape index (κ2) is 21.0. The lowest BCUT2D eigenvalue weighted by Gasteiger charge is -2.47. The van der Waals surface area contributed by atoms with E-state index in [1.807, 2.05) is 41.3 Å². The molecule has 8 rings (SSSR count). The molecule has 63 heavy (non-hydrogen) atoms. The van der Waals surface area contributed by atoms with Crippen molar-refractivity contribution in [3.05, 3.63) is 89.0 Å². The molecule has 0 radical (unpaired) electrons. The number of likely N-dealkylation sites (tertiary alicyclic amines) is 2. The fraction of sp³-hybridized carbons (Fsp3) is 0.571. The van der Waals surface area contributed by atoms with E-state index in [1.54, 1.807) is 13.2 Å². The van der Waals surface area contributed by atoms with E-state index in [1.165, 1.54) is 30.4 Å². The molecular formula is C49H65N5O9. The quantitative estimate of drug-likeness (QED) is 0.152. The fourth-order valence-electron chi connectivity index (χ4n) is 10.5. The fourth-order valence-corrected chi connectivity index (χ4v) is 10.5. The Morgan fingerprint density at radius 3 is 2.51 bits per heavy atom. The number of carbonyl (C=O) groups is 3. The van der Waals surface area contributed by atoms with Crippen LogP contribution in [0.4, 0.5) is 5.69 Å². The number of amides is 2. The maximum absolute atomic E-state index is 13.6. The van der Waals surface area contributed by atoms with Crippen molar-refractivity contribution < 1.29 is 43.5 Å². The molecule has 14 nitrogen and oxygen atoms in total. The van der Waals surface area contributed by atoms with Gasteiger partial charge in [0.25, 0.3) is 11.8 Å². The number of nitrogens with zero attached hydrogens (tertiary/aromatic N) is 4. The molecule has 0 bridgehead atoms. The third-order valence-electron chi connectivity index (χ3n) is 14.0. The minimum Gasteiger partial charge on any atom is -0.506 e. The maximum Gasteiger partial charge on any atom is 0.323 e. The molecule has 14 heteroatoms. The van der Waals surface area contributed by atoms with E-state index in [0.717, 1.165) is 69.5 Å². The Morgan fingerprint density at radius 2 is 1.73 bits per heavy atom. The number of morpholine rings is 1. The highest BCUT2D eigenvalue weighted by atomic mass is 16.5. The number of anilines is 1. The second-order valence-corrected chi connectivity index (χ2v) is 18.0. The summed E-state index contributed by atoms with van der Waals surface area (Å²) >= 11 is 0. The first-order valence-electron chi connectivity index (χ1n) is 23.1. The van der Waals surface area contributed by atoms with Crippen molar-refractivity contribution in [2.24, 2.45) is 0 Å². The van der Waals surface area contributed by atoms with Crippen LogP contribution in [-0.2, 0) is 48.0 Å². The molecule has 0 aromatic heterocycles. The molecule has 3 saturated heterocycles. The number of carbonyl (C=O) groups excluding carboxylic acids is 2. The van der Waals surface area contributed by atoms with Gasteiger partial charge < -0.3 is 39.4 Å². The zero-order valence-electron chi connectivity index (χ0n) is 36.8. The minimum atomic E-state index is -0.841. The van der Waals surface area contributed by atoms with Gasteiger partial charge in [-0.2, -0.15) is 0 Å². The number of aliphatic carboxylic acids is 1. The Balaban J connectivity index is 0.803. The van der Waals surface area contributed by atoms with E-state index in [-0.39, 0.29) is 35.9 Å². The summed E-state index contributed by atoms with van der Waals surface area (Å²) in [7, 11) is 1.59. The summed E-state index contributed by atoms with van der Waals surface area (Å²) < 4.78 is 24.2. The average molecular weight is 868 g/mol. The molecule has 5 aliphatic rings. The molecule has 1 spiro atoms. The van der Waals surface area contributed by atoms with E-state index in [2.05, 4.69) is 44.3 Å². The van der Waals surface area contributed by atoms with Crippen LogP contribution in [0.5, 0.6) is 11.5 Å². The van der Waals surface area contributed by atoms with Gasteiger partial charge in [0.1, 0.15) is 17.5 Å². The van der Waals surface area contributed by atoms with Gasteiger partial charge in [0.05, 0.1) is 24.9 Å². The summed E-state index contributed by atoms with van der Waals surface area (Å²) in [5.41, 5.74) is 4.19. The Kier molecular flexibility index (Phi) is 15.0. The molecule has 4 heterocycles. The van der Waals surface area contributed by atoms with Gasteiger partial charge in [-0.05, 0) is 73.3 Å².